The molecule has 8 heteroatoms. The number of pyridine rings is 1. The van der Waals surface area contributed by atoms with Crippen molar-refractivity contribution >= 4 is 17.5 Å². The summed E-state index contributed by atoms with van der Waals surface area (Å²) in [7, 11) is 0. The predicted octanol–water partition coefficient (Wildman–Crippen LogP) is 2.15. The van der Waals surface area contributed by atoms with Crippen molar-refractivity contribution in [1.82, 2.24) is 20.2 Å². The number of hydrogen-bond donors (Lipinski definition) is 1. The van der Waals surface area contributed by atoms with E-state index >= 15 is 0 Å². The minimum atomic E-state index is -0.194. The SMILES string of the molecule is Cc1nonc1CC(=O)N1CCc2ccc(NC(=O)c3ccncc3)cc2C1. The number of aromatic nitrogens is 3. The van der Waals surface area contributed by atoms with Crippen molar-refractivity contribution in [2.45, 2.75) is 26.3 Å². The summed E-state index contributed by atoms with van der Waals surface area (Å²) in [6.07, 6.45) is 4.10. The zero-order chi connectivity index (χ0) is 19.5. The van der Waals surface area contributed by atoms with Crippen molar-refractivity contribution in [2.24, 2.45) is 0 Å². The number of anilines is 1. The minimum absolute atomic E-state index is 0.0179. The van der Waals surface area contributed by atoms with Gasteiger partial charge in [0.1, 0.15) is 11.4 Å². The molecule has 1 aliphatic heterocycles. The van der Waals surface area contributed by atoms with Crippen LogP contribution in [0.5, 0.6) is 0 Å². The molecular formula is C20H19N5O3. The molecule has 0 fully saturated rings. The summed E-state index contributed by atoms with van der Waals surface area (Å²) in [5.41, 5.74) is 4.65. The van der Waals surface area contributed by atoms with Crippen LogP contribution in [0.25, 0.3) is 0 Å². The highest BCUT2D eigenvalue weighted by atomic mass is 16.6. The van der Waals surface area contributed by atoms with Gasteiger partial charge in [0.05, 0.1) is 6.42 Å². The van der Waals surface area contributed by atoms with Gasteiger partial charge in [0.15, 0.2) is 0 Å². The first-order valence-corrected chi connectivity index (χ1v) is 8.99. The highest BCUT2D eigenvalue weighted by Gasteiger charge is 2.23. The van der Waals surface area contributed by atoms with Crippen LogP contribution in [0, 0.1) is 6.92 Å². The van der Waals surface area contributed by atoms with E-state index in [1.807, 2.05) is 18.2 Å². The number of fused-ring (bicyclic) bond motifs is 1. The average molecular weight is 377 g/mol. The summed E-state index contributed by atoms with van der Waals surface area (Å²) in [6, 6.07) is 9.14. The fraction of sp³-hybridized carbons (Fsp3) is 0.250. The van der Waals surface area contributed by atoms with Crippen LogP contribution in [0.2, 0.25) is 0 Å². The zero-order valence-electron chi connectivity index (χ0n) is 15.4. The molecule has 4 rings (SSSR count). The Morgan fingerprint density at radius 1 is 1.14 bits per heavy atom. The van der Waals surface area contributed by atoms with Crippen LogP contribution in [-0.4, -0.2) is 38.6 Å². The third-order valence-corrected chi connectivity index (χ3v) is 4.84. The number of aryl methyl sites for hydroxylation is 1. The molecule has 0 bridgehead atoms. The highest BCUT2D eigenvalue weighted by molar-refractivity contribution is 6.04. The smallest absolute Gasteiger partial charge is 0.255 e. The molecule has 0 radical (unpaired) electrons. The third-order valence-electron chi connectivity index (χ3n) is 4.84. The Hall–Kier alpha value is -3.55. The Morgan fingerprint density at radius 3 is 2.71 bits per heavy atom. The van der Waals surface area contributed by atoms with Crippen molar-refractivity contribution in [3.63, 3.8) is 0 Å². The zero-order valence-corrected chi connectivity index (χ0v) is 15.4. The summed E-state index contributed by atoms with van der Waals surface area (Å²) in [6.45, 7) is 2.92. The molecule has 1 aromatic carbocycles. The Morgan fingerprint density at radius 2 is 1.96 bits per heavy atom. The normalized spacial score (nSPS) is 13.1. The lowest BCUT2D eigenvalue weighted by Gasteiger charge is -2.29. The van der Waals surface area contributed by atoms with Gasteiger partial charge in [-0.05, 0) is 48.7 Å². The molecule has 0 unspecified atom stereocenters. The predicted molar refractivity (Wildman–Crippen MR) is 100 cm³/mol. The van der Waals surface area contributed by atoms with Crippen molar-refractivity contribution in [3.05, 3.63) is 70.8 Å². The lowest BCUT2D eigenvalue weighted by Crippen LogP contribution is -2.37. The Bertz CT molecular complexity index is 1020. The van der Waals surface area contributed by atoms with Gasteiger partial charge >= 0.3 is 0 Å². The first kappa shape index (κ1) is 17.8. The van der Waals surface area contributed by atoms with Gasteiger partial charge in [0, 0.05) is 36.7 Å². The monoisotopic (exact) mass is 377 g/mol. The van der Waals surface area contributed by atoms with Crippen molar-refractivity contribution < 1.29 is 14.2 Å². The van der Waals surface area contributed by atoms with E-state index in [4.69, 9.17) is 0 Å². The summed E-state index contributed by atoms with van der Waals surface area (Å²) in [4.78, 5) is 30.7. The maximum atomic E-state index is 12.6. The number of amides is 2. The second-order valence-electron chi connectivity index (χ2n) is 6.71. The van der Waals surface area contributed by atoms with Crippen LogP contribution in [0.15, 0.2) is 47.4 Å². The lowest BCUT2D eigenvalue weighted by molar-refractivity contribution is -0.131. The molecule has 1 aliphatic rings. The van der Waals surface area contributed by atoms with Crippen LogP contribution in [0.4, 0.5) is 5.69 Å². The van der Waals surface area contributed by atoms with Crippen LogP contribution >= 0.6 is 0 Å². The van der Waals surface area contributed by atoms with Gasteiger partial charge < -0.3 is 10.2 Å². The van der Waals surface area contributed by atoms with E-state index in [1.165, 1.54) is 5.56 Å². The van der Waals surface area contributed by atoms with Gasteiger partial charge in [-0.2, -0.15) is 0 Å². The lowest BCUT2D eigenvalue weighted by atomic mass is 9.98. The fourth-order valence-electron chi connectivity index (χ4n) is 3.22. The van der Waals surface area contributed by atoms with Crippen LogP contribution in [0.3, 0.4) is 0 Å². The molecule has 142 valence electrons. The maximum absolute atomic E-state index is 12.6. The van der Waals surface area contributed by atoms with Gasteiger partial charge in [0.25, 0.3) is 5.91 Å². The number of carbonyl (C=O) groups is 2. The van der Waals surface area contributed by atoms with E-state index in [0.717, 1.165) is 12.0 Å². The molecule has 8 nitrogen and oxygen atoms in total. The Kier molecular flexibility index (Phi) is 4.84. The molecule has 0 aliphatic carbocycles. The molecule has 1 N–H and O–H groups in total. The summed E-state index contributed by atoms with van der Waals surface area (Å²) in [5, 5.41) is 10.4. The highest BCUT2D eigenvalue weighted by Crippen LogP contribution is 2.23. The first-order valence-electron chi connectivity index (χ1n) is 8.99. The van der Waals surface area contributed by atoms with Gasteiger partial charge in [-0.1, -0.05) is 16.4 Å². The molecule has 0 saturated heterocycles. The second kappa shape index (κ2) is 7.59. The molecule has 0 spiro atoms. The molecule has 0 atom stereocenters. The number of hydrogen-bond acceptors (Lipinski definition) is 6. The number of carbonyl (C=O) groups excluding carboxylic acids is 2. The average Bonchev–Trinajstić information content (AvgIpc) is 3.12. The maximum Gasteiger partial charge on any atom is 0.255 e. The van der Waals surface area contributed by atoms with E-state index < -0.39 is 0 Å². The minimum Gasteiger partial charge on any atom is -0.338 e. The Labute approximate surface area is 161 Å². The third kappa shape index (κ3) is 3.75. The molecule has 2 amide bonds. The van der Waals surface area contributed by atoms with Gasteiger partial charge in [-0.15, -0.1) is 0 Å². The van der Waals surface area contributed by atoms with Crippen molar-refractivity contribution in [1.29, 1.82) is 0 Å². The second-order valence-corrected chi connectivity index (χ2v) is 6.71. The number of rotatable bonds is 4. The molecule has 0 saturated carbocycles. The van der Waals surface area contributed by atoms with E-state index in [9.17, 15) is 9.59 Å². The molecular weight excluding hydrogens is 358 g/mol. The number of benzene rings is 1. The summed E-state index contributed by atoms with van der Waals surface area (Å²) >= 11 is 0. The van der Waals surface area contributed by atoms with E-state index in [1.54, 1.807) is 36.4 Å². The summed E-state index contributed by atoms with van der Waals surface area (Å²) in [5.74, 6) is -0.212. The van der Waals surface area contributed by atoms with E-state index in [2.05, 4.69) is 25.2 Å². The summed E-state index contributed by atoms with van der Waals surface area (Å²) < 4.78 is 4.66. The standard InChI is InChI=1S/C20H19N5O3/c1-13-18(24-28-23-13)11-19(26)25-9-6-14-2-3-17(10-16(14)12-25)22-20(27)15-4-7-21-8-5-15/h2-5,7-8,10H,6,9,11-12H2,1H3,(H,22,27). The van der Waals surface area contributed by atoms with Crippen LogP contribution < -0.4 is 5.32 Å². The molecule has 2 aromatic heterocycles. The number of nitrogens with one attached hydrogen (secondary N) is 1. The molecule has 28 heavy (non-hydrogen) atoms. The van der Waals surface area contributed by atoms with Crippen molar-refractivity contribution in [3.8, 4) is 0 Å². The molecule has 3 heterocycles. The van der Waals surface area contributed by atoms with Crippen LogP contribution in [-0.2, 0) is 24.2 Å². The van der Waals surface area contributed by atoms with Crippen molar-refractivity contribution in [2.75, 3.05) is 11.9 Å². The van der Waals surface area contributed by atoms with Crippen LogP contribution in [0.1, 0.15) is 32.9 Å². The van der Waals surface area contributed by atoms with Gasteiger partial charge in [0.2, 0.25) is 5.91 Å². The Balaban J connectivity index is 1.46. The number of nitrogens with zero attached hydrogens (tertiary/aromatic N) is 4. The van der Waals surface area contributed by atoms with E-state index in [0.29, 0.717) is 35.7 Å². The first-order chi connectivity index (χ1) is 13.6. The fourth-order valence-corrected chi connectivity index (χ4v) is 3.22. The van der Waals surface area contributed by atoms with Gasteiger partial charge in [-0.3, -0.25) is 14.6 Å². The largest absolute Gasteiger partial charge is 0.338 e. The topological polar surface area (TPSA) is 101 Å². The van der Waals surface area contributed by atoms with Gasteiger partial charge in [-0.25, -0.2) is 4.63 Å². The molecule has 3 aromatic rings. The quantitative estimate of drug-likeness (QED) is 0.748. The van der Waals surface area contributed by atoms with E-state index in [-0.39, 0.29) is 18.2 Å².